The molecule has 0 heterocycles. The third-order valence-corrected chi connectivity index (χ3v) is 4.15. The molecule has 1 aromatic rings. The van der Waals surface area contributed by atoms with Crippen molar-refractivity contribution in [2.24, 2.45) is 5.41 Å². The molecular formula is C13H19NO4S. The van der Waals surface area contributed by atoms with Crippen LogP contribution >= 0.6 is 0 Å². The Morgan fingerprint density at radius 3 is 2.37 bits per heavy atom. The van der Waals surface area contributed by atoms with Crippen molar-refractivity contribution in [1.82, 2.24) is 0 Å². The van der Waals surface area contributed by atoms with E-state index in [-0.39, 0.29) is 17.0 Å². The Hall–Kier alpha value is -1.56. The molecule has 0 fully saturated rings. The van der Waals surface area contributed by atoms with Crippen LogP contribution in [0.4, 0.5) is 5.69 Å². The van der Waals surface area contributed by atoms with Gasteiger partial charge in [0.2, 0.25) is 10.0 Å². The third kappa shape index (κ3) is 4.55. The highest BCUT2D eigenvalue weighted by Crippen LogP contribution is 2.23. The first-order valence-corrected chi connectivity index (χ1v) is 7.50. The van der Waals surface area contributed by atoms with Gasteiger partial charge in [-0.05, 0) is 24.0 Å². The number of carboxylic acid groups (broad SMARTS) is 1. The lowest BCUT2D eigenvalue weighted by Crippen LogP contribution is -2.27. The Morgan fingerprint density at radius 2 is 1.89 bits per heavy atom. The molecule has 19 heavy (non-hydrogen) atoms. The number of aromatic carboxylic acids is 1. The second-order valence-corrected chi connectivity index (χ2v) is 7.45. The molecule has 0 radical (unpaired) electrons. The second kappa shape index (κ2) is 5.21. The Labute approximate surface area is 113 Å². The fourth-order valence-electron chi connectivity index (χ4n) is 1.81. The number of aryl methyl sites for hydroxylation is 1. The summed E-state index contributed by atoms with van der Waals surface area (Å²) in [6.45, 7) is 7.05. The van der Waals surface area contributed by atoms with E-state index in [9.17, 15) is 13.2 Å². The van der Waals surface area contributed by atoms with Crippen molar-refractivity contribution in [1.29, 1.82) is 0 Å². The van der Waals surface area contributed by atoms with Gasteiger partial charge in [0.15, 0.2) is 0 Å². The van der Waals surface area contributed by atoms with Gasteiger partial charge in [-0.25, -0.2) is 13.2 Å². The summed E-state index contributed by atoms with van der Waals surface area (Å²) in [5, 5.41) is 9.14. The summed E-state index contributed by atoms with van der Waals surface area (Å²) in [5.74, 6) is -1.22. The Kier molecular flexibility index (Phi) is 4.25. The average molecular weight is 285 g/mol. The van der Waals surface area contributed by atoms with Crippen LogP contribution in [-0.2, 0) is 10.0 Å². The largest absolute Gasteiger partial charge is 0.478 e. The van der Waals surface area contributed by atoms with E-state index in [1.165, 1.54) is 6.07 Å². The summed E-state index contributed by atoms with van der Waals surface area (Å²) in [4.78, 5) is 11.2. The van der Waals surface area contributed by atoms with Crippen LogP contribution in [0.2, 0.25) is 0 Å². The molecule has 2 N–H and O–H groups in total. The summed E-state index contributed by atoms with van der Waals surface area (Å²) in [6.07, 6.45) is 0. The van der Waals surface area contributed by atoms with Gasteiger partial charge in [0.05, 0.1) is 17.0 Å². The van der Waals surface area contributed by atoms with Crippen LogP contribution in [0.3, 0.4) is 0 Å². The number of sulfonamides is 1. The van der Waals surface area contributed by atoms with Crippen molar-refractivity contribution < 1.29 is 18.3 Å². The SMILES string of the molecule is Cc1cccc(NS(=O)(=O)CC(C)(C)C)c1C(=O)O. The number of hydrogen-bond acceptors (Lipinski definition) is 3. The zero-order chi connectivity index (χ0) is 14.8. The standard InChI is InChI=1S/C13H19NO4S/c1-9-6-5-7-10(11(9)12(15)16)14-19(17,18)8-13(2,3)4/h5-7,14H,8H2,1-4H3,(H,15,16). The molecule has 0 aliphatic rings. The molecule has 5 nitrogen and oxygen atoms in total. The van der Waals surface area contributed by atoms with Gasteiger partial charge in [-0.1, -0.05) is 32.9 Å². The molecule has 6 heteroatoms. The number of benzene rings is 1. The number of carbonyl (C=O) groups is 1. The van der Waals surface area contributed by atoms with Gasteiger partial charge in [-0.3, -0.25) is 4.72 Å². The molecule has 106 valence electrons. The van der Waals surface area contributed by atoms with Crippen LogP contribution in [0.5, 0.6) is 0 Å². The highest BCUT2D eigenvalue weighted by atomic mass is 32.2. The number of hydrogen-bond donors (Lipinski definition) is 2. The molecule has 0 aliphatic heterocycles. The van der Waals surface area contributed by atoms with E-state index in [1.54, 1.807) is 39.8 Å². The third-order valence-electron chi connectivity index (χ3n) is 2.38. The normalized spacial score (nSPS) is 12.2. The van der Waals surface area contributed by atoms with E-state index in [1.807, 2.05) is 0 Å². The molecule has 0 spiro atoms. The Morgan fingerprint density at radius 1 is 1.32 bits per heavy atom. The maximum atomic E-state index is 12.0. The van der Waals surface area contributed by atoms with Crippen molar-refractivity contribution >= 4 is 21.7 Å². The summed E-state index contributed by atoms with van der Waals surface area (Å²) in [5.41, 5.74) is 0.208. The molecule has 0 aromatic heterocycles. The van der Waals surface area contributed by atoms with Crippen molar-refractivity contribution in [2.75, 3.05) is 10.5 Å². The van der Waals surface area contributed by atoms with Crippen LogP contribution in [0, 0.1) is 12.3 Å². The predicted octanol–water partition coefficient (Wildman–Crippen LogP) is 2.48. The Balaban J connectivity index is 3.14. The monoisotopic (exact) mass is 285 g/mol. The van der Waals surface area contributed by atoms with Crippen LogP contribution in [-0.4, -0.2) is 25.2 Å². The summed E-state index contributed by atoms with van der Waals surface area (Å²) in [6, 6.07) is 4.71. The van der Waals surface area contributed by atoms with E-state index >= 15 is 0 Å². The lowest BCUT2D eigenvalue weighted by Gasteiger charge is -2.19. The molecule has 0 saturated heterocycles. The number of rotatable bonds is 4. The molecule has 0 saturated carbocycles. The molecule has 0 unspecified atom stereocenters. The minimum Gasteiger partial charge on any atom is -0.478 e. The molecule has 0 amide bonds. The van der Waals surface area contributed by atoms with Crippen molar-refractivity contribution in [3.8, 4) is 0 Å². The second-order valence-electron chi connectivity index (χ2n) is 5.72. The zero-order valence-electron chi connectivity index (χ0n) is 11.5. The molecule has 1 rings (SSSR count). The minimum atomic E-state index is -3.58. The maximum absolute atomic E-state index is 12.0. The number of nitrogens with one attached hydrogen (secondary N) is 1. The molecular weight excluding hydrogens is 266 g/mol. The van der Waals surface area contributed by atoms with Gasteiger partial charge in [0, 0.05) is 0 Å². The fraction of sp³-hybridized carbons (Fsp3) is 0.462. The Bertz CT molecular complexity index is 585. The van der Waals surface area contributed by atoms with Crippen LogP contribution in [0.1, 0.15) is 36.7 Å². The molecule has 0 aliphatic carbocycles. The van der Waals surface area contributed by atoms with Crippen LogP contribution in [0.15, 0.2) is 18.2 Å². The lowest BCUT2D eigenvalue weighted by molar-refractivity contribution is 0.0697. The average Bonchev–Trinajstić information content (AvgIpc) is 2.11. The summed E-state index contributed by atoms with van der Waals surface area (Å²) < 4.78 is 26.4. The zero-order valence-corrected chi connectivity index (χ0v) is 12.3. The quantitative estimate of drug-likeness (QED) is 0.890. The summed E-state index contributed by atoms with van der Waals surface area (Å²) >= 11 is 0. The molecule has 0 bridgehead atoms. The highest BCUT2D eigenvalue weighted by molar-refractivity contribution is 7.92. The van der Waals surface area contributed by atoms with E-state index in [0.717, 1.165) is 0 Å². The van der Waals surface area contributed by atoms with E-state index in [2.05, 4.69) is 4.72 Å². The molecule has 1 aromatic carbocycles. The predicted molar refractivity (Wildman–Crippen MR) is 75.0 cm³/mol. The van der Waals surface area contributed by atoms with E-state index in [0.29, 0.717) is 5.56 Å². The first-order chi connectivity index (χ1) is 8.52. The topological polar surface area (TPSA) is 83.5 Å². The number of carboxylic acids is 1. The van der Waals surface area contributed by atoms with Crippen molar-refractivity contribution in [3.05, 3.63) is 29.3 Å². The number of anilines is 1. The van der Waals surface area contributed by atoms with Crippen LogP contribution in [0.25, 0.3) is 0 Å². The smallest absolute Gasteiger partial charge is 0.338 e. The van der Waals surface area contributed by atoms with Gasteiger partial charge >= 0.3 is 5.97 Å². The van der Waals surface area contributed by atoms with E-state index < -0.39 is 21.4 Å². The maximum Gasteiger partial charge on any atom is 0.338 e. The van der Waals surface area contributed by atoms with Gasteiger partial charge in [0.25, 0.3) is 0 Å². The highest BCUT2D eigenvalue weighted by Gasteiger charge is 2.23. The van der Waals surface area contributed by atoms with Crippen molar-refractivity contribution in [2.45, 2.75) is 27.7 Å². The fourth-order valence-corrected chi connectivity index (χ4v) is 3.53. The lowest BCUT2D eigenvalue weighted by atomic mass is 10.0. The first kappa shape index (κ1) is 15.5. The molecule has 0 atom stereocenters. The van der Waals surface area contributed by atoms with Gasteiger partial charge in [-0.2, -0.15) is 0 Å². The van der Waals surface area contributed by atoms with Crippen LogP contribution < -0.4 is 4.72 Å². The van der Waals surface area contributed by atoms with Gasteiger partial charge in [0.1, 0.15) is 0 Å². The van der Waals surface area contributed by atoms with Crippen molar-refractivity contribution in [3.63, 3.8) is 0 Å². The summed E-state index contributed by atoms with van der Waals surface area (Å²) in [7, 11) is -3.58. The minimum absolute atomic E-state index is 0.0139. The van der Waals surface area contributed by atoms with E-state index in [4.69, 9.17) is 5.11 Å². The first-order valence-electron chi connectivity index (χ1n) is 5.85. The van der Waals surface area contributed by atoms with Gasteiger partial charge in [-0.15, -0.1) is 0 Å². The van der Waals surface area contributed by atoms with Gasteiger partial charge < -0.3 is 5.11 Å².